The normalized spacial score (nSPS) is 10.8. The quantitative estimate of drug-likeness (QED) is 0.577. The monoisotopic (exact) mass is 351 g/mol. The Kier molecular flexibility index (Phi) is 3.89. The summed E-state index contributed by atoms with van der Waals surface area (Å²) in [6, 6.07) is 13.0. The van der Waals surface area contributed by atoms with Gasteiger partial charge in [0, 0.05) is 10.9 Å². The summed E-state index contributed by atoms with van der Waals surface area (Å²) in [6.07, 6.45) is 1.43. The highest BCUT2D eigenvalue weighted by molar-refractivity contribution is 6.06. The van der Waals surface area contributed by atoms with Gasteiger partial charge in [0.15, 0.2) is 11.6 Å². The van der Waals surface area contributed by atoms with Crippen molar-refractivity contribution in [2.75, 3.05) is 12.4 Å². The van der Waals surface area contributed by atoms with E-state index in [4.69, 9.17) is 9.15 Å². The molecule has 7 heteroatoms. The first-order valence-corrected chi connectivity index (χ1v) is 7.82. The van der Waals surface area contributed by atoms with E-state index in [2.05, 4.69) is 15.5 Å². The molecule has 0 saturated heterocycles. The SMILES string of the molecule is COc1ccc(F)cc1-c1ccc2c(NC(=O)c3ccco3)n[nH]c2c1. The number of benzene rings is 2. The Morgan fingerprint density at radius 3 is 2.88 bits per heavy atom. The van der Waals surface area contributed by atoms with Crippen LogP contribution in [-0.4, -0.2) is 23.2 Å². The molecule has 1 amide bonds. The molecule has 0 atom stereocenters. The van der Waals surface area contributed by atoms with Crippen molar-refractivity contribution in [3.05, 3.63) is 66.4 Å². The average molecular weight is 351 g/mol. The molecule has 0 unspecified atom stereocenters. The van der Waals surface area contributed by atoms with Crippen LogP contribution in [0.1, 0.15) is 10.6 Å². The molecule has 6 nitrogen and oxygen atoms in total. The van der Waals surface area contributed by atoms with Crippen molar-refractivity contribution in [2.24, 2.45) is 0 Å². The van der Waals surface area contributed by atoms with E-state index in [9.17, 15) is 9.18 Å². The Hall–Kier alpha value is -3.61. The number of nitrogens with one attached hydrogen (secondary N) is 2. The van der Waals surface area contributed by atoms with Crippen molar-refractivity contribution in [1.82, 2.24) is 10.2 Å². The molecule has 0 aliphatic carbocycles. The summed E-state index contributed by atoms with van der Waals surface area (Å²) in [4.78, 5) is 12.1. The molecule has 0 saturated carbocycles. The first-order chi connectivity index (χ1) is 12.7. The number of amides is 1. The van der Waals surface area contributed by atoms with Gasteiger partial charge in [-0.2, -0.15) is 5.10 Å². The van der Waals surface area contributed by atoms with E-state index in [1.807, 2.05) is 12.1 Å². The van der Waals surface area contributed by atoms with Crippen LogP contribution in [0.4, 0.5) is 10.2 Å². The third kappa shape index (κ3) is 2.79. The first-order valence-electron chi connectivity index (χ1n) is 7.82. The minimum Gasteiger partial charge on any atom is -0.496 e. The molecule has 4 rings (SSSR count). The zero-order valence-electron chi connectivity index (χ0n) is 13.7. The number of fused-ring (bicyclic) bond motifs is 1. The minimum absolute atomic E-state index is 0.197. The van der Waals surface area contributed by atoms with Gasteiger partial charge in [0.05, 0.1) is 18.9 Å². The van der Waals surface area contributed by atoms with Crippen LogP contribution in [0, 0.1) is 5.82 Å². The highest BCUT2D eigenvalue weighted by Gasteiger charge is 2.14. The van der Waals surface area contributed by atoms with Gasteiger partial charge in [0.2, 0.25) is 0 Å². The molecular weight excluding hydrogens is 337 g/mol. The Morgan fingerprint density at radius 2 is 2.12 bits per heavy atom. The zero-order valence-corrected chi connectivity index (χ0v) is 13.7. The van der Waals surface area contributed by atoms with E-state index in [0.29, 0.717) is 22.6 Å². The van der Waals surface area contributed by atoms with Crippen LogP contribution < -0.4 is 10.1 Å². The molecule has 0 aliphatic heterocycles. The van der Waals surface area contributed by atoms with E-state index >= 15 is 0 Å². The van der Waals surface area contributed by atoms with Gasteiger partial charge >= 0.3 is 0 Å². The highest BCUT2D eigenvalue weighted by Crippen LogP contribution is 2.33. The Bertz CT molecular complexity index is 1090. The molecule has 4 aromatic rings. The Morgan fingerprint density at radius 1 is 1.23 bits per heavy atom. The predicted molar refractivity (Wildman–Crippen MR) is 94.7 cm³/mol. The number of carbonyl (C=O) groups excluding carboxylic acids is 1. The third-order valence-corrected chi connectivity index (χ3v) is 4.01. The fourth-order valence-corrected chi connectivity index (χ4v) is 2.77. The minimum atomic E-state index is -0.390. The molecule has 0 fully saturated rings. The molecule has 2 aromatic carbocycles. The van der Waals surface area contributed by atoms with Gasteiger partial charge < -0.3 is 14.5 Å². The van der Waals surface area contributed by atoms with Crippen LogP contribution in [-0.2, 0) is 0 Å². The number of nitrogens with zero attached hydrogens (tertiary/aromatic N) is 1. The lowest BCUT2D eigenvalue weighted by Crippen LogP contribution is -2.11. The molecule has 130 valence electrons. The largest absolute Gasteiger partial charge is 0.496 e. The third-order valence-electron chi connectivity index (χ3n) is 4.01. The highest BCUT2D eigenvalue weighted by atomic mass is 19.1. The van der Waals surface area contributed by atoms with Gasteiger partial charge in [0.25, 0.3) is 5.91 Å². The molecular formula is C19H14FN3O3. The summed E-state index contributed by atoms with van der Waals surface area (Å²) in [6.45, 7) is 0. The second-order valence-electron chi connectivity index (χ2n) is 5.61. The van der Waals surface area contributed by atoms with Crippen LogP contribution in [0.25, 0.3) is 22.0 Å². The second-order valence-corrected chi connectivity index (χ2v) is 5.61. The maximum absolute atomic E-state index is 13.6. The lowest BCUT2D eigenvalue weighted by Gasteiger charge is -2.09. The molecule has 0 bridgehead atoms. The summed E-state index contributed by atoms with van der Waals surface area (Å²) >= 11 is 0. The summed E-state index contributed by atoms with van der Waals surface area (Å²) in [5.41, 5.74) is 2.09. The van der Waals surface area contributed by atoms with Gasteiger partial charge in [-0.15, -0.1) is 0 Å². The van der Waals surface area contributed by atoms with Gasteiger partial charge in [-0.1, -0.05) is 6.07 Å². The van der Waals surface area contributed by atoms with Crippen LogP contribution in [0.15, 0.2) is 59.2 Å². The molecule has 0 aliphatic rings. The van der Waals surface area contributed by atoms with Gasteiger partial charge in [-0.3, -0.25) is 9.89 Å². The van der Waals surface area contributed by atoms with E-state index in [1.165, 1.54) is 25.5 Å². The molecule has 2 heterocycles. The lowest BCUT2D eigenvalue weighted by molar-refractivity contribution is 0.0996. The van der Waals surface area contributed by atoms with Gasteiger partial charge in [-0.25, -0.2) is 4.39 Å². The smallest absolute Gasteiger partial charge is 0.292 e. The first kappa shape index (κ1) is 15.9. The van der Waals surface area contributed by atoms with Crippen molar-refractivity contribution in [3.63, 3.8) is 0 Å². The molecule has 0 radical (unpaired) electrons. The number of rotatable bonds is 4. The maximum Gasteiger partial charge on any atom is 0.292 e. The summed E-state index contributed by atoms with van der Waals surface area (Å²) < 4.78 is 24.0. The van der Waals surface area contributed by atoms with Crippen LogP contribution in [0.3, 0.4) is 0 Å². The number of furan rings is 1. The fraction of sp³-hybridized carbons (Fsp3) is 0.0526. The molecule has 2 aromatic heterocycles. The van der Waals surface area contributed by atoms with Crippen molar-refractivity contribution in [2.45, 2.75) is 0 Å². The van der Waals surface area contributed by atoms with Gasteiger partial charge in [-0.05, 0) is 48.0 Å². The number of aromatic nitrogens is 2. The van der Waals surface area contributed by atoms with E-state index in [0.717, 1.165) is 10.9 Å². The predicted octanol–water partition coefficient (Wildman–Crippen LogP) is 4.22. The molecule has 0 spiro atoms. The second kappa shape index (κ2) is 6.36. The number of hydrogen-bond acceptors (Lipinski definition) is 4. The average Bonchev–Trinajstić information content (AvgIpc) is 3.31. The van der Waals surface area contributed by atoms with Crippen molar-refractivity contribution < 1.29 is 18.3 Å². The number of halogens is 1. The maximum atomic E-state index is 13.6. The van der Waals surface area contributed by atoms with Crippen LogP contribution in [0.5, 0.6) is 5.75 Å². The van der Waals surface area contributed by atoms with E-state index in [1.54, 1.807) is 24.3 Å². The zero-order chi connectivity index (χ0) is 18.1. The Labute approximate surface area is 147 Å². The topological polar surface area (TPSA) is 80.2 Å². The standard InChI is InChI=1S/C19H14FN3O3/c1-25-16-7-5-12(20)10-14(16)11-4-6-13-15(9-11)22-23-18(13)21-19(24)17-3-2-8-26-17/h2-10H,1H3,(H2,21,22,23,24). The van der Waals surface area contributed by atoms with E-state index in [-0.39, 0.29) is 17.5 Å². The molecule has 2 N–H and O–H groups in total. The summed E-state index contributed by atoms with van der Waals surface area (Å²) in [5, 5.41) is 10.4. The number of H-pyrrole nitrogens is 1. The Balaban J connectivity index is 1.70. The number of hydrogen-bond donors (Lipinski definition) is 2. The molecule has 26 heavy (non-hydrogen) atoms. The number of methoxy groups -OCH3 is 1. The lowest BCUT2D eigenvalue weighted by atomic mass is 10.0. The summed E-state index contributed by atoms with van der Waals surface area (Å²) in [5.74, 6) is 0.411. The van der Waals surface area contributed by atoms with Crippen LogP contribution in [0.2, 0.25) is 0 Å². The van der Waals surface area contributed by atoms with E-state index < -0.39 is 0 Å². The number of aromatic amines is 1. The van der Waals surface area contributed by atoms with Crippen LogP contribution >= 0.6 is 0 Å². The number of anilines is 1. The van der Waals surface area contributed by atoms with Crippen molar-refractivity contribution in [1.29, 1.82) is 0 Å². The fourth-order valence-electron chi connectivity index (χ4n) is 2.77. The van der Waals surface area contributed by atoms with Crippen molar-refractivity contribution in [3.8, 4) is 16.9 Å². The van der Waals surface area contributed by atoms with Crippen molar-refractivity contribution >= 4 is 22.6 Å². The summed E-state index contributed by atoms with van der Waals surface area (Å²) in [7, 11) is 1.54. The van der Waals surface area contributed by atoms with Gasteiger partial charge in [0.1, 0.15) is 11.6 Å². The number of carbonyl (C=O) groups is 1. The number of ether oxygens (including phenoxy) is 1.